The number of nitrogens with zero attached hydrogens (tertiary/aromatic N) is 1. The van der Waals surface area contributed by atoms with Crippen LogP contribution in [0.15, 0.2) is 30.3 Å². The van der Waals surface area contributed by atoms with Crippen molar-refractivity contribution < 1.29 is 5.11 Å². The number of aliphatic hydroxyl groups excluding tert-OH is 1. The van der Waals surface area contributed by atoms with E-state index in [-0.39, 0.29) is 0 Å². The van der Waals surface area contributed by atoms with E-state index >= 15 is 0 Å². The van der Waals surface area contributed by atoms with E-state index in [0.717, 1.165) is 17.5 Å². The molecule has 3 nitrogen and oxygen atoms in total. The van der Waals surface area contributed by atoms with Crippen LogP contribution in [0.4, 0.5) is 0 Å². The van der Waals surface area contributed by atoms with Gasteiger partial charge in [0.2, 0.25) is 0 Å². The first-order chi connectivity index (χ1) is 10.7. The summed E-state index contributed by atoms with van der Waals surface area (Å²) in [5, 5.41) is 15.3. The summed E-state index contributed by atoms with van der Waals surface area (Å²) in [6, 6.07) is 12.5. The first-order valence-electron chi connectivity index (χ1n) is 8.36. The number of nitrogens with one attached hydrogen (secondary N) is 1. The third kappa shape index (κ3) is 2.93. The van der Waals surface area contributed by atoms with Gasteiger partial charge in [0.15, 0.2) is 0 Å². The fraction of sp³-hybridized carbons (Fsp3) is 0.556. The van der Waals surface area contributed by atoms with Crippen LogP contribution in [0.5, 0.6) is 0 Å². The molecule has 0 amide bonds. The Kier molecular flexibility index (Phi) is 3.95. The highest BCUT2D eigenvalue weighted by Gasteiger charge is 2.38. The Balaban J connectivity index is 1.35. The van der Waals surface area contributed by atoms with E-state index < -0.39 is 6.10 Å². The predicted octanol–water partition coefficient (Wildman–Crippen LogP) is 3.15. The monoisotopic (exact) mass is 316 g/mol. The standard InChI is InChI=1S/C18H24N2OS/c1-12-8-14(11-20(12)15-6-7-15)19-10-16(21)18-9-13-4-2-3-5-17(13)22-18/h2-5,9,12,14-16,19,21H,6-8,10-11H2,1H3. The molecule has 2 fully saturated rings. The van der Waals surface area contributed by atoms with Crippen LogP contribution in [0.1, 0.15) is 37.2 Å². The fourth-order valence-electron chi connectivity index (χ4n) is 3.66. The van der Waals surface area contributed by atoms with E-state index in [1.54, 1.807) is 11.3 Å². The maximum atomic E-state index is 10.5. The normalized spacial score (nSPS) is 27.5. The van der Waals surface area contributed by atoms with E-state index in [0.29, 0.717) is 18.6 Å². The van der Waals surface area contributed by atoms with Crippen LogP contribution in [0, 0.1) is 0 Å². The van der Waals surface area contributed by atoms with Gasteiger partial charge >= 0.3 is 0 Å². The van der Waals surface area contributed by atoms with E-state index in [1.807, 2.05) is 0 Å². The zero-order valence-electron chi connectivity index (χ0n) is 13.0. The lowest BCUT2D eigenvalue weighted by Crippen LogP contribution is -2.36. The van der Waals surface area contributed by atoms with Gasteiger partial charge in [0, 0.05) is 40.8 Å². The Morgan fingerprint density at radius 3 is 2.95 bits per heavy atom. The van der Waals surface area contributed by atoms with Crippen LogP contribution in [-0.4, -0.2) is 41.2 Å². The van der Waals surface area contributed by atoms with Crippen LogP contribution < -0.4 is 5.32 Å². The minimum Gasteiger partial charge on any atom is -0.386 e. The molecule has 0 radical (unpaired) electrons. The quantitative estimate of drug-likeness (QED) is 0.889. The first kappa shape index (κ1) is 14.6. The van der Waals surface area contributed by atoms with Crippen LogP contribution in [0.25, 0.3) is 10.1 Å². The highest BCUT2D eigenvalue weighted by molar-refractivity contribution is 7.19. The molecule has 0 spiro atoms. The second kappa shape index (κ2) is 5.93. The van der Waals surface area contributed by atoms with Crippen molar-refractivity contribution in [1.82, 2.24) is 10.2 Å². The first-order valence-corrected chi connectivity index (χ1v) is 9.18. The molecule has 0 bridgehead atoms. The number of likely N-dealkylation sites (tertiary alicyclic amines) is 1. The van der Waals surface area contributed by atoms with Gasteiger partial charge in [-0.15, -0.1) is 11.3 Å². The molecule has 118 valence electrons. The van der Waals surface area contributed by atoms with E-state index in [4.69, 9.17) is 0 Å². The highest BCUT2D eigenvalue weighted by Crippen LogP contribution is 2.34. The van der Waals surface area contributed by atoms with Crippen molar-refractivity contribution in [1.29, 1.82) is 0 Å². The molecule has 3 atom stereocenters. The summed E-state index contributed by atoms with van der Waals surface area (Å²) in [5.41, 5.74) is 0. The number of rotatable bonds is 5. The van der Waals surface area contributed by atoms with Crippen molar-refractivity contribution in [2.45, 2.75) is 50.4 Å². The van der Waals surface area contributed by atoms with Gasteiger partial charge < -0.3 is 10.4 Å². The average molecular weight is 316 g/mol. The molecule has 4 rings (SSSR count). The van der Waals surface area contributed by atoms with E-state index in [2.05, 4.69) is 47.5 Å². The number of benzene rings is 1. The van der Waals surface area contributed by atoms with Gasteiger partial charge in [-0.05, 0) is 43.7 Å². The maximum absolute atomic E-state index is 10.5. The van der Waals surface area contributed by atoms with Gasteiger partial charge in [0.1, 0.15) is 6.10 Å². The lowest BCUT2D eigenvalue weighted by Gasteiger charge is -2.20. The fourth-order valence-corrected chi connectivity index (χ4v) is 4.72. The molecular formula is C18H24N2OS. The molecule has 4 heteroatoms. The Hall–Kier alpha value is -0.940. The summed E-state index contributed by atoms with van der Waals surface area (Å²) in [6.07, 6.45) is 3.56. The Morgan fingerprint density at radius 2 is 2.18 bits per heavy atom. The molecule has 2 heterocycles. The molecule has 1 saturated carbocycles. The molecule has 1 saturated heterocycles. The minimum absolute atomic E-state index is 0.400. The zero-order valence-corrected chi connectivity index (χ0v) is 13.9. The molecule has 2 aliphatic rings. The molecule has 22 heavy (non-hydrogen) atoms. The molecule has 1 aliphatic carbocycles. The predicted molar refractivity (Wildman–Crippen MR) is 92.4 cm³/mol. The number of thiophene rings is 1. The van der Waals surface area contributed by atoms with Gasteiger partial charge in [-0.25, -0.2) is 0 Å². The summed E-state index contributed by atoms with van der Waals surface area (Å²) in [5.74, 6) is 0. The molecular weight excluding hydrogens is 292 g/mol. The van der Waals surface area contributed by atoms with Crippen molar-refractivity contribution in [3.05, 3.63) is 35.2 Å². The van der Waals surface area contributed by atoms with Crippen LogP contribution in [0.2, 0.25) is 0 Å². The smallest absolute Gasteiger partial charge is 0.101 e. The van der Waals surface area contributed by atoms with Gasteiger partial charge in [-0.2, -0.15) is 0 Å². The summed E-state index contributed by atoms with van der Waals surface area (Å²) in [7, 11) is 0. The number of fused-ring (bicyclic) bond motifs is 1. The third-order valence-corrected chi connectivity index (χ3v) is 6.23. The topological polar surface area (TPSA) is 35.5 Å². The number of aliphatic hydroxyl groups is 1. The average Bonchev–Trinajstić information content (AvgIpc) is 3.15. The summed E-state index contributed by atoms with van der Waals surface area (Å²) in [6.45, 7) is 4.14. The van der Waals surface area contributed by atoms with Crippen molar-refractivity contribution >= 4 is 21.4 Å². The number of hydrogen-bond donors (Lipinski definition) is 2. The largest absolute Gasteiger partial charge is 0.386 e. The SMILES string of the molecule is CC1CC(NCC(O)c2cc3ccccc3s2)CN1C1CC1. The second-order valence-corrected chi connectivity index (χ2v) is 7.94. The van der Waals surface area contributed by atoms with Gasteiger partial charge in [0.25, 0.3) is 0 Å². The van der Waals surface area contributed by atoms with Gasteiger partial charge in [0.05, 0.1) is 0 Å². The zero-order chi connectivity index (χ0) is 15.1. The third-order valence-electron chi connectivity index (χ3n) is 5.01. The van der Waals surface area contributed by atoms with Crippen LogP contribution >= 0.6 is 11.3 Å². The van der Waals surface area contributed by atoms with Crippen molar-refractivity contribution in [3.8, 4) is 0 Å². The van der Waals surface area contributed by atoms with Crippen LogP contribution in [0.3, 0.4) is 0 Å². The Labute approximate surface area is 135 Å². The summed E-state index contributed by atoms with van der Waals surface area (Å²) in [4.78, 5) is 3.71. The Bertz CT molecular complexity index is 618. The minimum atomic E-state index is -0.400. The van der Waals surface area contributed by atoms with Crippen molar-refractivity contribution in [2.24, 2.45) is 0 Å². The second-order valence-electron chi connectivity index (χ2n) is 6.82. The number of hydrogen-bond acceptors (Lipinski definition) is 4. The molecule has 2 aromatic rings. The lowest BCUT2D eigenvalue weighted by atomic mass is 10.1. The van der Waals surface area contributed by atoms with Crippen LogP contribution in [-0.2, 0) is 0 Å². The maximum Gasteiger partial charge on any atom is 0.101 e. The van der Waals surface area contributed by atoms with Gasteiger partial charge in [-0.3, -0.25) is 4.90 Å². The molecule has 1 aromatic heterocycles. The molecule has 1 aliphatic heterocycles. The lowest BCUT2D eigenvalue weighted by molar-refractivity contribution is 0.173. The van der Waals surface area contributed by atoms with Gasteiger partial charge in [-0.1, -0.05) is 18.2 Å². The molecule has 1 aromatic carbocycles. The van der Waals surface area contributed by atoms with E-state index in [9.17, 15) is 5.11 Å². The molecule has 2 N–H and O–H groups in total. The van der Waals surface area contributed by atoms with Crippen molar-refractivity contribution in [3.63, 3.8) is 0 Å². The van der Waals surface area contributed by atoms with E-state index in [1.165, 1.54) is 29.3 Å². The highest BCUT2D eigenvalue weighted by atomic mass is 32.1. The summed E-state index contributed by atoms with van der Waals surface area (Å²) >= 11 is 1.70. The summed E-state index contributed by atoms with van der Waals surface area (Å²) < 4.78 is 1.26. The Morgan fingerprint density at radius 1 is 1.36 bits per heavy atom. The van der Waals surface area contributed by atoms with Crippen molar-refractivity contribution in [2.75, 3.05) is 13.1 Å². The molecule has 3 unspecified atom stereocenters.